The molecule has 206 valence electrons. The molecule has 0 fully saturated rings. The van der Waals surface area contributed by atoms with Crippen LogP contribution in [0.5, 0.6) is 5.75 Å². The smallest absolute Gasteiger partial charge is 0.251 e. The molecule has 0 radical (unpaired) electrons. The summed E-state index contributed by atoms with van der Waals surface area (Å²) in [6, 6.07) is 16.2. The molecule has 2 bridgehead atoms. The van der Waals surface area contributed by atoms with Crippen molar-refractivity contribution in [1.82, 2.24) is 30.3 Å². The molecule has 10 nitrogen and oxygen atoms in total. The van der Waals surface area contributed by atoms with Gasteiger partial charge in [-0.3, -0.25) is 14.4 Å². The van der Waals surface area contributed by atoms with Crippen LogP contribution < -0.4 is 15.4 Å². The highest BCUT2D eigenvalue weighted by molar-refractivity contribution is 5.94. The van der Waals surface area contributed by atoms with Crippen LogP contribution in [-0.2, 0) is 16.1 Å². The second kappa shape index (κ2) is 13.0. The highest BCUT2D eigenvalue weighted by atomic mass is 16.5. The minimum absolute atomic E-state index is 0.0747. The molecular weight excluding hydrogens is 496 g/mol. The average molecular weight is 533 g/mol. The molecule has 2 heterocycles. The van der Waals surface area contributed by atoms with Gasteiger partial charge < -0.3 is 20.3 Å². The largest absolute Gasteiger partial charge is 0.492 e. The van der Waals surface area contributed by atoms with Gasteiger partial charge in [-0.15, -0.1) is 0 Å². The Morgan fingerprint density at radius 2 is 1.85 bits per heavy atom. The van der Waals surface area contributed by atoms with Crippen LogP contribution >= 0.6 is 0 Å². The Balaban J connectivity index is 1.62. The van der Waals surface area contributed by atoms with Crippen molar-refractivity contribution < 1.29 is 19.1 Å². The van der Waals surface area contributed by atoms with Gasteiger partial charge >= 0.3 is 0 Å². The second-order valence-corrected chi connectivity index (χ2v) is 10.1. The SMILES string of the molecule is CC(C)CC(=O)N1CCCNC(=O)c2cccc(c2)OCCn2nc(-c3ccccc3)nc2[C@H](C)NC(=O)C1. The monoisotopic (exact) mass is 532 g/mol. The van der Waals surface area contributed by atoms with Crippen molar-refractivity contribution in [3.63, 3.8) is 0 Å². The van der Waals surface area contributed by atoms with Gasteiger partial charge in [0.15, 0.2) is 5.82 Å². The maximum atomic E-state index is 13.1. The number of hydrogen-bond acceptors (Lipinski definition) is 6. The summed E-state index contributed by atoms with van der Waals surface area (Å²) in [5.74, 6) is 1.27. The molecule has 0 saturated carbocycles. The molecule has 2 aromatic carbocycles. The van der Waals surface area contributed by atoms with Crippen molar-refractivity contribution in [2.75, 3.05) is 26.2 Å². The first kappa shape index (κ1) is 27.8. The third-order valence-corrected chi connectivity index (χ3v) is 6.33. The van der Waals surface area contributed by atoms with Crippen molar-refractivity contribution in [3.05, 3.63) is 66.0 Å². The van der Waals surface area contributed by atoms with E-state index in [-0.39, 0.29) is 36.8 Å². The van der Waals surface area contributed by atoms with Crippen LogP contribution in [-0.4, -0.2) is 63.6 Å². The number of aromatic nitrogens is 3. The lowest BCUT2D eigenvalue weighted by Crippen LogP contribution is -2.43. The minimum atomic E-state index is -0.453. The summed E-state index contributed by atoms with van der Waals surface area (Å²) in [5.41, 5.74) is 1.35. The van der Waals surface area contributed by atoms with E-state index >= 15 is 0 Å². The van der Waals surface area contributed by atoms with Crippen LogP contribution in [0.25, 0.3) is 11.4 Å². The molecule has 0 aliphatic carbocycles. The maximum absolute atomic E-state index is 13.1. The number of carbonyl (C=O) groups excluding carboxylic acids is 3. The Bertz CT molecular complexity index is 1290. The van der Waals surface area contributed by atoms with Gasteiger partial charge in [0.2, 0.25) is 11.8 Å². The van der Waals surface area contributed by atoms with Crippen LogP contribution in [0.1, 0.15) is 55.8 Å². The zero-order valence-corrected chi connectivity index (χ0v) is 22.7. The standard InChI is InChI=1S/C29H36N6O4/c1-20(2)17-26(37)34-14-8-13-30-29(38)23-11-7-12-24(18-23)39-16-15-35-28(21(3)31-25(36)19-34)32-27(33-35)22-9-5-4-6-10-22/h4-7,9-12,18,20-21H,8,13-17,19H2,1-3H3,(H,30,38)(H,31,36)/t21-/m0/s1. The zero-order valence-electron chi connectivity index (χ0n) is 22.7. The van der Waals surface area contributed by atoms with Gasteiger partial charge in [0, 0.05) is 30.6 Å². The molecular formula is C29H36N6O4. The first-order valence-corrected chi connectivity index (χ1v) is 13.4. The number of nitrogens with one attached hydrogen (secondary N) is 2. The fraction of sp³-hybridized carbons (Fsp3) is 0.414. The van der Waals surface area contributed by atoms with E-state index in [9.17, 15) is 14.4 Å². The number of fused-ring (bicyclic) bond motifs is 3. The summed E-state index contributed by atoms with van der Waals surface area (Å²) >= 11 is 0. The Hall–Kier alpha value is -4.21. The molecule has 0 unspecified atom stereocenters. The summed E-state index contributed by atoms with van der Waals surface area (Å²) in [5, 5.41) is 10.6. The molecule has 39 heavy (non-hydrogen) atoms. The van der Waals surface area contributed by atoms with E-state index in [1.165, 1.54) is 0 Å². The van der Waals surface area contributed by atoms with Gasteiger partial charge in [-0.1, -0.05) is 50.2 Å². The van der Waals surface area contributed by atoms with Gasteiger partial charge in [0.05, 0.1) is 19.1 Å². The number of carbonyl (C=O) groups is 3. The Morgan fingerprint density at radius 1 is 1.08 bits per heavy atom. The van der Waals surface area contributed by atoms with Crippen LogP contribution in [0.3, 0.4) is 0 Å². The van der Waals surface area contributed by atoms with E-state index in [1.54, 1.807) is 33.8 Å². The number of rotatable bonds is 3. The lowest BCUT2D eigenvalue weighted by Gasteiger charge is -2.24. The highest BCUT2D eigenvalue weighted by Crippen LogP contribution is 2.20. The third kappa shape index (κ3) is 7.66. The Morgan fingerprint density at radius 3 is 2.62 bits per heavy atom. The van der Waals surface area contributed by atoms with Crippen molar-refractivity contribution in [1.29, 1.82) is 0 Å². The predicted octanol–water partition coefficient (Wildman–Crippen LogP) is 3.21. The van der Waals surface area contributed by atoms with Crippen LogP contribution in [0.2, 0.25) is 0 Å². The van der Waals surface area contributed by atoms with Gasteiger partial charge in [-0.05, 0) is 37.5 Å². The fourth-order valence-electron chi connectivity index (χ4n) is 4.39. The van der Waals surface area contributed by atoms with Crippen LogP contribution in [0.4, 0.5) is 0 Å². The number of benzene rings is 2. The highest BCUT2D eigenvalue weighted by Gasteiger charge is 2.23. The summed E-state index contributed by atoms with van der Waals surface area (Å²) in [4.78, 5) is 45.0. The quantitative estimate of drug-likeness (QED) is 0.535. The molecule has 10 heteroatoms. The van der Waals surface area contributed by atoms with E-state index in [0.717, 1.165) is 5.56 Å². The maximum Gasteiger partial charge on any atom is 0.251 e. The first-order valence-electron chi connectivity index (χ1n) is 13.4. The summed E-state index contributed by atoms with van der Waals surface area (Å²) in [6.07, 6.45) is 0.861. The molecule has 0 spiro atoms. The summed E-state index contributed by atoms with van der Waals surface area (Å²) in [7, 11) is 0. The van der Waals surface area contributed by atoms with Crippen molar-refractivity contribution >= 4 is 17.7 Å². The van der Waals surface area contributed by atoms with Crippen molar-refractivity contribution in [2.24, 2.45) is 5.92 Å². The minimum Gasteiger partial charge on any atom is -0.492 e. The van der Waals surface area contributed by atoms with Crippen molar-refractivity contribution in [2.45, 2.75) is 46.2 Å². The Kier molecular flexibility index (Phi) is 9.30. The van der Waals surface area contributed by atoms with E-state index in [4.69, 9.17) is 14.8 Å². The predicted molar refractivity (Wildman–Crippen MR) is 147 cm³/mol. The molecule has 1 aliphatic rings. The third-order valence-electron chi connectivity index (χ3n) is 6.33. The van der Waals surface area contributed by atoms with Gasteiger partial charge in [-0.2, -0.15) is 5.10 Å². The lowest BCUT2D eigenvalue weighted by molar-refractivity contribution is -0.137. The lowest BCUT2D eigenvalue weighted by atomic mass is 10.1. The molecule has 1 aromatic heterocycles. The molecule has 3 amide bonds. The number of ether oxygens (including phenoxy) is 1. The molecule has 3 aromatic rings. The molecule has 1 atom stereocenters. The van der Waals surface area contributed by atoms with E-state index in [1.807, 2.05) is 51.1 Å². The topological polar surface area (TPSA) is 118 Å². The van der Waals surface area contributed by atoms with Crippen molar-refractivity contribution in [3.8, 4) is 17.1 Å². The van der Waals surface area contributed by atoms with E-state index < -0.39 is 6.04 Å². The van der Waals surface area contributed by atoms with Gasteiger partial charge in [0.1, 0.15) is 18.2 Å². The first-order chi connectivity index (χ1) is 18.8. The summed E-state index contributed by atoms with van der Waals surface area (Å²) < 4.78 is 7.67. The zero-order chi connectivity index (χ0) is 27.8. The van der Waals surface area contributed by atoms with E-state index in [0.29, 0.717) is 55.4 Å². The van der Waals surface area contributed by atoms with Gasteiger partial charge in [0.25, 0.3) is 5.91 Å². The number of nitrogens with zero attached hydrogens (tertiary/aromatic N) is 4. The van der Waals surface area contributed by atoms with Crippen LogP contribution in [0, 0.1) is 5.92 Å². The number of amides is 3. The fourth-order valence-corrected chi connectivity index (χ4v) is 4.39. The normalized spacial score (nSPS) is 17.3. The second-order valence-electron chi connectivity index (χ2n) is 10.1. The molecule has 2 N–H and O–H groups in total. The molecule has 4 rings (SSSR count). The molecule has 1 aliphatic heterocycles. The van der Waals surface area contributed by atoms with E-state index in [2.05, 4.69) is 10.6 Å². The average Bonchev–Trinajstić information content (AvgIpc) is 3.34. The van der Waals surface area contributed by atoms with Gasteiger partial charge in [-0.25, -0.2) is 9.67 Å². The Labute approximate surface area is 228 Å². The molecule has 0 saturated heterocycles. The van der Waals surface area contributed by atoms with Crippen LogP contribution in [0.15, 0.2) is 54.6 Å². The number of hydrogen-bond donors (Lipinski definition) is 2. The summed E-state index contributed by atoms with van der Waals surface area (Å²) in [6.45, 7) is 7.11.